The number of nitrogens with zero attached hydrogens (tertiary/aromatic N) is 2. The van der Waals surface area contributed by atoms with E-state index in [0.717, 1.165) is 32.0 Å². The Bertz CT molecular complexity index is 1130. The Morgan fingerprint density at radius 2 is 1.90 bits per heavy atom. The van der Waals surface area contributed by atoms with Gasteiger partial charge in [-0.25, -0.2) is 0 Å². The first-order valence-corrected chi connectivity index (χ1v) is 11.3. The Kier molecular flexibility index (Phi) is 6.92. The van der Waals surface area contributed by atoms with Crippen LogP contribution in [0.15, 0.2) is 46.3 Å². The highest BCUT2D eigenvalue weighted by molar-refractivity contribution is 7.99. The number of esters is 1. The van der Waals surface area contributed by atoms with Crippen molar-refractivity contribution in [1.29, 1.82) is 0 Å². The molecule has 1 amide bonds. The maximum atomic E-state index is 12.8. The van der Waals surface area contributed by atoms with E-state index in [1.54, 1.807) is 29.3 Å². The van der Waals surface area contributed by atoms with Crippen LogP contribution in [0.4, 0.5) is 0 Å². The number of aryl methyl sites for hydroxylation is 2. The summed E-state index contributed by atoms with van der Waals surface area (Å²) in [6.45, 7) is 8.26. The molecule has 5 nitrogen and oxygen atoms in total. The summed E-state index contributed by atoms with van der Waals surface area (Å²) < 4.78 is 7.88. The first-order valence-electron chi connectivity index (χ1n) is 9.51. The molecule has 0 saturated carbocycles. The molecular formula is C22H24N2O3S2. The number of carbonyl (C=O) groups excluding carboxylic acids is 2. The van der Waals surface area contributed by atoms with Crippen molar-refractivity contribution in [3.05, 3.63) is 57.9 Å². The van der Waals surface area contributed by atoms with E-state index < -0.39 is 0 Å². The SMILES string of the molecule is CCOC(=O)Cn1c(=NC(=O)c2cccc(SCC)c2)sc2cc(C)c(C)cc21. The fraction of sp³-hybridized carbons (Fsp3) is 0.318. The molecule has 0 aliphatic rings. The summed E-state index contributed by atoms with van der Waals surface area (Å²) in [4.78, 5) is 30.9. The highest BCUT2D eigenvalue weighted by Crippen LogP contribution is 2.23. The standard InChI is InChI=1S/C22H24N2O3S2/c1-5-27-20(25)13-24-18-10-14(3)15(4)11-19(18)29-22(24)23-21(26)16-8-7-9-17(12-16)28-6-2/h7-12H,5-6,13H2,1-4H3. The number of amides is 1. The van der Waals surface area contributed by atoms with Gasteiger partial charge in [-0.3, -0.25) is 9.59 Å². The molecule has 0 N–H and O–H groups in total. The van der Waals surface area contributed by atoms with Gasteiger partial charge >= 0.3 is 5.97 Å². The highest BCUT2D eigenvalue weighted by Gasteiger charge is 2.14. The molecule has 0 saturated heterocycles. The van der Waals surface area contributed by atoms with Crippen LogP contribution in [0.1, 0.15) is 35.3 Å². The first kappa shape index (κ1) is 21.3. The van der Waals surface area contributed by atoms with E-state index in [2.05, 4.69) is 18.0 Å². The van der Waals surface area contributed by atoms with E-state index in [9.17, 15) is 9.59 Å². The van der Waals surface area contributed by atoms with Crippen molar-refractivity contribution >= 4 is 45.2 Å². The molecule has 3 aromatic rings. The molecule has 152 valence electrons. The minimum atomic E-state index is -0.347. The zero-order valence-corrected chi connectivity index (χ0v) is 18.7. The molecule has 29 heavy (non-hydrogen) atoms. The Hall–Kier alpha value is -2.38. The highest BCUT2D eigenvalue weighted by atomic mass is 32.2. The molecule has 2 aromatic carbocycles. The van der Waals surface area contributed by atoms with Gasteiger partial charge < -0.3 is 9.30 Å². The van der Waals surface area contributed by atoms with Gasteiger partial charge in [0.15, 0.2) is 4.80 Å². The van der Waals surface area contributed by atoms with Crippen molar-refractivity contribution in [3.8, 4) is 0 Å². The average Bonchev–Trinajstić information content (AvgIpc) is 2.99. The van der Waals surface area contributed by atoms with Gasteiger partial charge in [-0.1, -0.05) is 24.3 Å². The summed E-state index contributed by atoms with van der Waals surface area (Å²) in [5.74, 6) is 0.269. The number of hydrogen-bond acceptors (Lipinski definition) is 5. The monoisotopic (exact) mass is 428 g/mol. The number of benzene rings is 2. The molecule has 0 spiro atoms. The number of ether oxygens (including phenoxy) is 1. The predicted molar refractivity (Wildman–Crippen MR) is 119 cm³/mol. The molecule has 0 aliphatic carbocycles. The van der Waals surface area contributed by atoms with Crippen LogP contribution >= 0.6 is 23.1 Å². The summed E-state index contributed by atoms with van der Waals surface area (Å²) in [6.07, 6.45) is 0. The van der Waals surface area contributed by atoms with E-state index in [0.29, 0.717) is 17.0 Å². The van der Waals surface area contributed by atoms with E-state index in [1.807, 2.05) is 38.1 Å². The number of carbonyl (C=O) groups is 2. The molecule has 1 heterocycles. The lowest BCUT2D eigenvalue weighted by atomic mass is 10.1. The number of fused-ring (bicyclic) bond motifs is 1. The molecule has 0 radical (unpaired) electrons. The predicted octanol–water partition coefficient (Wildman–Crippen LogP) is 4.74. The second-order valence-electron chi connectivity index (χ2n) is 6.56. The third kappa shape index (κ3) is 4.97. The third-order valence-corrected chi connectivity index (χ3v) is 6.40. The van der Waals surface area contributed by atoms with Crippen LogP contribution in [0.3, 0.4) is 0 Å². The van der Waals surface area contributed by atoms with Crippen LogP contribution in [0, 0.1) is 13.8 Å². The van der Waals surface area contributed by atoms with Gasteiger partial charge in [-0.15, -0.1) is 11.8 Å². The summed E-state index contributed by atoms with van der Waals surface area (Å²) in [5.41, 5.74) is 3.70. The number of hydrogen-bond donors (Lipinski definition) is 0. The molecule has 0 bridgehead atoms. The van der Waals surface area contributed by atoms with Gasteiger partial charge in [-0.05, 0) is 68.0 Å². The summed E-state index contributed by atoms with van der Waals surface area (Å²) in [5, 5.41) is 0. The van der Waals surface area contributed by atoms with Crippen molar-refractivity contribution in [1.82, 2.24) is 4.57 Å². The second-order valence-corrected chi connectivity index (χ2v) is 8.90. The third-order valence-electron chi connectivity index (χ3n) is 4.48. The van der Waals surface area contributed by atoms with Gasteiger partial charge in [0, 0.05) is 10.5 Å². The summed E-state index contributed by atoms with van der Waals surface area (Å²) in [6, 6.07) is 11.6. The average molecular weight is 429 g/mol. The van der Waals surface area contributed by atoms with Crippen LogP contribution < -0.4 is 4.80 Å². The fourth-order valence-electron chi connectivity index (χ4n) is 2.93. The second kappa shape index (κ2) is 9.41. The van der Waals surface area contributed by atoms with Gasteiger partial charge in [0.05, 0.1) is 16.8 Å². The lowest BCUT2D eigenvalue weighted by Crippen LogP contribution is -2.23. The Labute approximate surface area is 178 Å². The number of aromatic nitrogens is 1. The van der Waals surface area contributed by atoms with Gasteiger partial charge in [-0.2, -0.15) is 4.99 Å². The molecule has 1 aromatic heterocycles. The molecule has 0 atom stereocenters. The van der Waals surface area contributed by atoms with Crippen molar-refractivity contribution < 1.29 is 14.3 Å². The van der Waals surface area contributed by atoms with Crippen molar-refractivity contribution in [2.75, 3.05) is 12.4 Å². The van der Waals surface area contributed by atoms with Gasteiger partial charge in [0.25, 0.3) is 5.91 Å². The fourth-order valence-corrected chi connectivity index (χ4v) is 4.76. The van der Waals surface area contributed by atoms with Crippen molar-refractivity contribution in [2.24, 2.45) is 4.99 Å². The topological polar surface area (TPSA) is 60.7 Å². The lowest BCUT2D eigenvalue weighted by molar-refractivity contribution is -0.143. The van der Waals surface area contributed by atoms with Gasteiger partial charge in [0.1, 0.15) is 6.54 Å². The number of rotatable bonds is 6. The first-order chi connectivity index (χ1) is 13.9. The summed E-state index contributed by atoms with van der Waals surface area (Å²) >= 11 is 3.09. The minimum absolute atomic E-state index is 0.0220. The van der Waals surface area contributed by atoms with Crippen LogP contribution in [0.25, 0.3) is 10.2 Å². The molecule has 0 unspecified atom stereocenters. The Morgan fingerprint density at radius 3 is 2.62 bits per heavy atom. The van der Waals surface area contributed by atoms with Crippen LogP contribution in [-0.2, 0) is 16.1 Å². The quantitative estimate of drug-likeness (QED) is 0.420. The Morgan fingerprint density at radius 1 is 1.14 bits per heavy atom. The molecule has 7 heteroatoms. The summed E-state index contributed by atoms with van der Waals surface area (Å²) in [7, 11) is 0. The largest absolute Gasteiger partial charge is 0.465 e. The minimum Gasteiger partial charge on any atom is -0.465 e. The van der Waals surface area contributed by atoms with Crippen LogP contribution in [0.2, 0.25) is 0 Å². The normalized spacial score (nSPS) is 11.8. The van der Waals surface area contributed by atoms with Crippen molar-refractivity contribution in [3.63, 3.8) is 0 Å². The number of thioether (sulfide) groups is 1. The Balaban J connectivity index is 2.10. The zero-order valence-electron chi connectivity index (χ0n) is 17.0. The molecule has 0 aliphatic heterocycles. The lowest BCUT2D eigenvalue weighted by Gasteiger charge is -2.06. The molecule has 3 rings (SSSR count). The number of thiazole rings is 1. The van der Waals surface area contributed by atoms with E-state index in [-0.39, 0.29) is 18.4 Å². The molecular weight excluding hydrogens is 404 g/mol. The maximum absolute atomic E-state index is 12.8. The van der Waals surface area contributed by atoms with Crippen LogP contribution in [-0.4, -0.2) is 28.8 Å². The van der Waals surface area contributed by atoms with Gasteiger partial charge in [0.2, 0.25) is 0 Å². The van der Waals surface area contributed by atoms with Crippen molar-refractivity contribution in [2.45, 2.75) is 39.1 Å². The van der Waals surface area contributed by atoms with E-state index in [1.165, 1.54) is 11.3 Å². The smallest absolute Gasteiger partial charge is 0.326 e. The van der Waals surface area contributed by atoms with Crippen LogP contribution in [0.5, 0.6) is 0 Å². The van der Waals surface area contributed by atoms with E-state index in [4.69, 9.17) is 4.74 Å². The molecule has 0 fully saturated rings. The maximum Gasteiger partial charge on any atom is 0.326 e. The van der Waals surface area contributed by atoms with E-state index >= 15 is 0 Å². The zero-order chi connectivity index (χ0) is 21.0.